The highest BCUT2D eigenvalue weighted by Gasteiger charge is 2.25. The summed E-state index contributed by atoms with van der Waals surface area (Å²) in [6.45, 7) is 3.21. The molecule has 1 N–H and O–H groups in total. The molecule has 25 heavy (non-hydrogen) atoms. The molecule has 3 nitrogen and oxygen atoms in total. The lowest BCUT2D eigenvalue weighted by molar-refractivity contribution is 0.373. The molecule has 0 spiro atoms. The molecule has 0 unspecified atom stereocenters. The highest BCUT2D eigenvalue weighted by molar-refractivity contribution is 7.80. The van der Waals surface area contributed by atoms with Gasteiger partial charge >= 0.3 is 0 Å². The number of nitrogens with zero attached hydrogens (tertiary/aromatic N) is 2. The summed E-state index contributed by atoms with van der Waals surface area (Å²) in [7, 11) is 0. The van der Waals surface area contributed by atoms with Gasteiger partial charge in [-0.3, -0.25) is 0 Å². The number of thiocarbonyl (C=S) groups is 1. The van der Waals surface area contributed by atoms with Gasteiger partial charge in [0.25, 0.3) is 0 Å². The highest BCUT2D eigenvalue weighted by Crippen LogP contribution is 2.23. The molecular formula is C20H22FN3S. The second kappa shape index (κ2) is 7.00. The minimum Gasteiger partial charge on any atom is -0.366 e. The van der Waals surface area contributed by atoms with Crippen LogP contribution >= 0.6 is 12.2 Å². The molecule has 1 aliphatic heterocycles. The summed E-state index contributed by atoms with van der Waals surface area (Å²) >= 11 is 5.62. The van der Waals surface area contributed by atoms with Crippen molar-refractivity contribution >= 4 is 23.0 Å². The number of anilines is 1. The van der Waals surface area contributed by atoms with Crippen LogP contribution in [0, 0.1) is 5.82 Å². The molecule has 0 atom stereocenters. The number of benzene rings is 2. The Labute approximate surface area is 153 Å². The third kappa shape index (κ3) is 3.47. The Hall–Kier alpha value is -2.14. The molecule has 5 heteroatoms. The Bertz CT molecular complexity index is 746. The summed E-state index contributed by atoms with van der Waals surface area (Å²) in [5, 5.41) is 4.35. The van der Waals surface area contributed by atoms with Crippen LogP contribution < -0.4 is 10.2 Å². The fraction of sp³-hybridized carbons (Fsp3) is 0.350. The van der Waals surface area contributed by atoms with Crippen molar-refractivity contribution in [2.75, 3.05) is 31.1 Å². The second-order valence-corrected chi connectivity index (χ2v) is 7.14. The van der Waals surface area contributed by atoms with Crippen LogP contribution in [0.4, 0.5) is 10.1 Å². The van der Waals surface area contributed by atoms with E-state index in [1.165, 1.54) is 17.2 Å². The minimum absolute atomic E-state index is 0.152. The average molecular weight is 355 g/mol. The van der Waals surface area contributed by atoms with E-state index >= 15 is 0 Å². The summed E-state index contributed by atoms with van der Waals surface area (Å²) in [4.78, 5) is 4.30. The first-order valence-corrected chi connectivity index (χ1v) is 9.23. The minimum atomic E-state index is -0.152. The van der Waals surface area contributed by atoms with Gasteiger partial charge in [0, 0.05) is 32.2 Å². The second-order valence-electron chi connectivity index (χ2n) is 6.75. The van der Waals surface area contributed by atoms with E-state index in [1.54, 1.807) is 6.07 Å². The summed E-state index contributed by atoms with van der Waals surface area (Å²) in [6, 6.07) is 16.0. The maximum absolute atomic E-state index is 13.9. The topological polar surface area (TPSA) is 18.5 Å². The van der Waals surface area contributed by atoms with Crippen LogP contribution in [-0.2, 0) is 12.8 Å². The van der Waals surface area contributed by atoms with Crippen LogP contribution in [0.3, 0.4) is 0 Å². The fourth-order valence-corrected chi connectivity index (χ4v) is 4.13. The summed E-state index contributed by atoms with van der Waals surface area (Å²) in [5.74, 6) is -0.152. The normalized spacial score (nSPS) is 17.5. The fourth-order valence-electron chi connectivity index (χ4n) is 3.79. The quantitative estimate of drug-likeness (QED) is 0.835. The number of rotatable bonds is 2. The van der Waals surface area contributed by atoms with Crippen molar-refractivity contribution in [3.05, 3.63) is 65.5 Å². The van der Waals surface area contributed by atoms with E-state index in [4.69, 9.17) is 12.2 Å². The van der Waals surface area contributed by atoms with Gasteiger partial charge in [-0.15, -0.1) is 0 Å². The van der Waals surface area contributed by atoms with Gasteiger partial charge in [-0.2, -0.15) is 0 Å². The molecule has 0 bridgehead atoms. The van der Waals surface area contributed by atoms with Gasteiger partial charge in [0.1, 0.15) is 5.82 Å². The smallest absolute Gasteiger partial charge is 0.169 e. The predicted octanol–water partition coefficient (Wildman–Crippen LogP) is 2.99. The molecule has 0 radical (unpaired) electrons. The van der Waals surface area contributed by atoms with Crippen LogP contribution in [-0.4, -0.2) is 42.2 Å². The lowest BCUT2D eigenvalue weighted by Crippen LogP contribution is -2.53. The number of fused-ring (bicyclic) bond motifs is 1. The maximum atomic E-state index is 13.9. The van der Waals surface area contributed by atoms with E-state index in [0.717, 1.165) is 44.1 Å². The zero-order chi connectivity index (χ0) is 17.2. The van der Waals surface area contributed by atoms with Gasteiger partial charge in [0.15, 0.2) is 5.11 Å². The van der Waals surface area contributed by atoms with Crippen molar-refractivity contribution in [3.8, 4) is 0 Å². The molecule has 2 aliphatic rings. The van der Waals surface area contributed by atoms with E-state index < -0.39 is 0 Å². The first-order valence-electron chi connectivity index (χ1n) is 8.82. The van der Waals surface area contributed by atoms with Gasteiger partial charge in [-0.25, -0.2) is 4.39 Å². The number of nitrogens with one attached hydrogen (secondary N) is 1. The van der Waals surface area contributed by atoms with Gasteiger partial charge < -0.3 is 15.1 Å². The Balaban J connectivity index is 1.31. The molecule has 1 heterocycles. The number of piperazine rings is 1. The Kier molecular flexibility index (Phi) is 4.57. The summed E-state index contributed by atoms with van der Waals surface area (Å²) in [6.07, 6.45) is 2.07. The first kappa shape index (κ1) is 16.3. The molecule has 1 fully saturated rings. The third-order valence-electron chi connectivity index (χ3n) is 5.14. The molecule has 0 aromatic heterocycles. The van der Waals surface area contributed by atoms with Crippen LogP contribution in [0.25, 0.3) is 0 Å². The largest absolute Gasteiger partial charge is 0.366 e. The lowest BCUT2D eigenvalue weighted by Gasteiger charge is -2.38. The van der Waals surface area contributed by atoms with E-state index in [2.05, 4.69) is 39.4 Å². The SMILES string of the molecule is Fc1ccccc1N1CCN(C(=S)NC2Cc3ccccc3C2)CC1. The number of halogens is 1. The Morgan fingerprint density at radius 2 is 1.52 bits per heavy atom. The summed E-state index contributed by atoms with van der Waals surface area (Å²) in [5.41, 5.74) is 3.53. The van der Waals surface area contributed by atoms with Gasteiger partial charge in [-0.1, -0.05) is 36.4 Å². The molecular weight excluding hydrogens is 333 g/mol. The van der Waals surface area contributed by atoms with Crippen molar-refractivity contribution in [2.24, 2.45) is 0 Å². The number of para-hydroxylation sites is 1. The standard InChI is InChI=1S/C20H22FN3S/c21-18-7-3-4-8-19(18)23-9-11-24(12-10-23)20(25)22-17-13-15-5-1-2-6-16(15)14-17/h1-8,17H,9-14H2,(H,22,25). The number of hydrogen-bond acceptors (Lipinski definition) is 2. The molecule has 0 amide bonds. The molecule has 4 rings (SSSR count). The predicted molar refractivity (Wildman–Crippen MR) is 104 cm³/mol. The van der Waals surface area contributed by atoms with Crippen LogP contribution in [0.1, 0.15) is 11.1 Å². The third-order valence-corrected chi connectivity index (χ3v) is 5.51. The molecule has 2 aromatic carbocycles. The van der Waals surface area contributed by atoms with Gasteiger partial charge in [0.05, 0.1) is 5.69 Å². The van der Waals surface area contributed by atoms with E-state index in [0.29, 0.717) is 11.7 Å². The van der Waals surface area contributed by atoms with Crippen molar-refractivity contribution in [1.29, 1.82) is 0 Å². The van der Waals surface area contributed by atoms with Crippen molar-refractivity contribution in [1.82, 2.24) is 10.2 Å². The molecule has 130 valence electrons. The van der Waals surface area contributed by atoms with Gasteiger partial charge in [0.2, 0.25) is 0 Å². The Morgan fingerprint density at radius 1 is 0.920 bits per heavy atom. The maximum Gasteiger partial charge on any atom is 0.169 e. The lowest BCUT2D eigenvalue weighted by atomic mass is 10.1. The van der Waals surface area contributed by atoms with Crippen LogP contribution in [0.15, 0.2) is 48.5 Å². The summed E-state index contributed by atoms with van der Waals surface area (Å²) < 4.78 is 13.9. The van der Waals surface area contributed by atoms with Crippen molar-refractivity contribution < 1.29 is 4.39 Å². The monoisotopic (exact) mass is 355 g/mol. The first-order chi connectivity index (χ1) is 12.2. The molecule has 0 saturated carbocycles. The highest BCUT2D eigenvalue weighted by atomic mass is 32.1. The number of hydrogen-bond donors (Lipinski definition) is 1. The van der Waals surface area contributed by atoms with Crippen molar-refractivity contribution in [2.45, 2.75) is 18.9 Å². The van der Waals surface area contributed by atoms with Crippen molar-refractivity contribution in [3.63, 3.8) is 0 Å². The van der Waals surface area contributed by atoms with E-state index in [1.807, 2.05) is 12.1 Å². The zero-order valence-electron chi connectivity index (χ0n) is 14.1. The molecule has 2 aromatic rings. The Morgan fingerprint density at radius 3 is 2.16 bits per heavy atom. The van der Waals surface area contributed by atoms with E-state index in [9.17, 15) is 4.39 Å². The van der Waals surface area contributed by atoms with E-state index in [-0.39, 0.29) is 5.82 Å². The average Bonchev–Trinajstić information content (AvgIpc) is 3.04. The van der Waals surface area contributed by atoms with Crippen LogP contribution in [0.2, 0.25) is 0 Å². The van der Waals surface area contributed by atoms with Crippen LogP contribution in [0.5, 0.6) is 0 Å². The molecule has 1 saturated heterocycles. The molecule has 1 aliphatic carbocycles. The zero-order valence-corrected chi connectivity index (χ0v) is 14.9. The van der Waals surface area contributed by atoms with Gasteiger partial charge in [-0.05, 0) is 48.3 Å².